The fourth-order valence-corrected chi connectivity index (χ4v) is 1.99. The molecule has 0 bridgehead atoms. The zero-order valence-corrected chi connectivity index (χ0v) is 9.72. The molecule has 0 amide bonds. The lowest BCUT2D eigenvalue weighted by molar-refractivity contribution is -0.0714. The Morgan fingerprint density at radius 2 is 1.69 bits per heavy atom. The molecule has 16 heavy (non-hydrogen) atoms. The molecule has 0 radical (unpaired) electrons. The van der Waals surface area contributed by atoms with Crippen LogP contribution in [0.15, 0.2) is 12.1 Å². The summed E-state index contributed by atoms with van der Waals surface area (Å²) in [6, 6.07) is 2.17. The van der Waals surface area contributed by atoms with Crippen molar-refractivity contribution in [2.24, 2.45) is 5.73 Å². The van der Waals surface area contributed by atoms with Crippen LogP contribution < -0.4 is 5.73 Å². The van der Waals surface area contributed by atoms with Crippen LogP contribution in [-0.4, -0.2) is 17.6 Å². The fraction of sp³-hybridized carbons (Fsp3) is 0.500. The van der Waals surface area contributed by atoms with E-state index < -0.39 is 18.6 Å². The summed E-state index contributed by atoms with van der Waals surface area (Å²) in [6.45, 7) is 4.17. The van der Waals surface area contributed by atoms with Gasteiger partial charge in [0.25, 0.3) is 5.92 Å². The smallest absolute Gasteiger partial charge is 0.289 e. The van der Waals surface area contributed by atoms with Crippen LogP contribution in [0.2, 0.25) is 0 Å². The van der Waals surface area contributed by atoms with Crippen LogP contribution in [0.1, 0.15) is 28.3 Å². The van der Waals surface area contributed by atoms with Gasteiger partial charge in [0.1, 0.15) is 6.61 Å². The van der Waals surface area contributed by atoms with Crippen molar-refractivity contribution in [2.45, 2.75) is 32.7 Å². The molecule has 0 fully saturated rings. The van der Waals surface area contributed by atoms with Gasteiger partial charge >= 0.3 is 0 Å². The second-order valence-corrected chi connectivity index (χ2v) is 4.21. The highest BCUT2D eigenvalue weighted by atomic mass is 19.3. The fourth-order valence-electron chi connectivity index (χ4n) is 1.99. The van der Waals surface area contributed by atoms with Crippen LogP contribution in [0, 0.1) is 20.8 Å². The van der Waals surface area contributed by atoms with Crippen LogP contribution >= 0.6 is 0 Å². The van der Waals surface area contributed by atoms with E-state index in [4.69, 9.17) is 10.8 Å². The van der Waals surface area contributed by atoms with Crippen molar-refractivity contribution in [1.29, 1.82) is 0 Å². The molecule has 1 aromatic carbocycles. The molecule has 0 aliphatic rings. The maximum absolute atomic E-state index is 13.3. The topological polar surface area (TPSA) is 46.2 Å². The molecule has 0 aromatic heterocycles. The summed E-state index contributed by atoms with van der Waals surface area (Å²) in [6.07, 6.45) is 0. The van der Waals surface area contributed by atoms with Gasteiger partial charge in [-0.25, -0.2) is 8.78 Å². The second-order valence-electron chi connectivity index (χ2n) is 4.21. The SMILES string of the molecule is Cc1cc(C)c([C@@H](N)C(F)(F)CO)c(C)c1. The molecule has 0 saturated carbocycles. The maximum Gasteiger partial charge on any atom is 0.289 e. The number of aryl methyl sites for hydroxylation is 3. The average molecular weight is 229 g/mol. The van der Waals surface area contributed by atoms with Gasteiger partial charge in [0.15, 0.2) is 0 Å². The van der Waals surface area contributed by atoms with Gasteiger partial charge in [-0.2, -0.15) is 0 Å². The number of halogens is 2. The third kappa shape index (κ3) is 2.39. The summed E-state index contributed by atoms with van der Waals surface area (Å²) < 4.78 is 26.6. The van der Waals surface area contributed by atoms with Crippen molar-refractivity contribution in [1.82, 2.24) is 0 Å². The molecular formula is C12H17F2NO. The average Bonchev–Trinajstić information content (AvgIpc) is 2.15. The summed E-state index contributed by atoms with van der Waals surface area (Å²) in [7, 11) is 0. The number of alkyl halides is 2. The standard InChI is InChI=1S/C12H17F2NO/c1-7-4-8(2)10(9(3)5-7)11(15)12(13,14)6-16/h4-5,11,16H,6,15H2,1-3H3/t11-/m1/s1. The Morgan fingerprint density at radius 3 is 2.06 bits per heavy atom. The van der Waals surface area contributed by atoms with E-state index in [1.807, 2.05) is 19.1 Å². The normalized spacial score (nSPS) is 13.9. The van der Waals surface area contributed by atoms with Gasteiger partial charge in [-0.3, -0.25) is 0 Å². The van der Waals surface area contributed by atoms with Crippen LogP contribution in [0.4, 0.5) is 8.78 Å². The molecule has 0 aliphatic heterocycles. The van der Waals surface area contributed by atoms with E-state index in [1.165, 1.54) is 0 Å². The Balaban J connectivity index is 3.24. The van der Waals surface area contributed by atoms with Crippen LogP contribution in [0.25, 0.3) is 0 Å². The van der Waals surface area contributed by atoms with Gasteiger partial charge in [0, 0.05) is 0 Å². The molecule has 0 spiro atoms. The maximum atomic E-state index is 13.3. The predicted octanol–water partition coefficient (Wildman–Crippen LogP) is 2.24. The molecule has 1 aromatic rings. The van der Waals surface area contributed by atoms with E-state index in [0.717, 1.165) is 16.7 Å². The van der Waals surface area contributed by atoms with Crippen molar-refractivity contribution in [3.8, 4) is 0 Å². The Bertz CT molecular complexity index is 368. The first kappa shape index (κ1) is 13.1. The largest absolute Gasteiger partial charge is 0.390 e. The lowest BCUT2D eigenvalue weighted by Gasteiger charge is -2.25. The van der Waals surface area contributed by atoms with Gasteiger partial charge in [0.2, 0.25) is 0 Å². The Kier molecular flexibility index (Phi) is 3.65. The predicted molar refractivity (Wildman–Crippen MR) is 59.6 cm³/mol. The van der Waals surface area contributed by atoms with Crippen molar-refractivity contribution >= 4 is 0 Å². The van der Waals surface area contributed by atoms with Gasteiger partial charge < -0.3 is 10.8 Å². The van der Waals surface area contributed by atoms with Crippen molar-refractivity contribution < 1.29 is 13.9 Å². The first-order chi connectivity index (χ1) is 7.29. The summed E-state index contributed by atoms with van der Waals surface area (Å²) in [4.78, 5) is 0. The number of rotatable bonds is 3. The highest BCUT2D eigenvalue weighted by Gasteiger charge is 2.38. The highest BCUT2D eigenvalue weighted by molar-refractivity contribution is 5.40. The van der Waals surface area contributed by atoms with Crippen LogP contribution in [-0.2, 0) is 0 Å². The van der Waals surface area contributed by atoms with E-state index in [9.17, 15) is 8.78 Å². The molecule has 0 heterocycles. The van der Waals surface area contributed by atoms with Gasteiger partial charge in [0.05, 0.1) is 6.04 Å². The Morgan fingerprint density at radius 1 is 1.25 bits per heavy atom. The summed E-state index contributed by atoms with van der Waals surface area (Å²) in [5.74, 6) is -3.29. The third-order valence-electron chi connectivity index (χ3n) is 2.71. The minimum Gasteiger partial charge on any atom is -0.390 e. The highest BCUT2D eigenvalue weighted by Crippen LogP contribution is 2.33. The number of hydrogen-bond donors (Lipinski definition) is 2. The Hall–Kier alpha value is -1.00. The molecule has 0 unspecified atom stereocenters. The van der Waals surface area contributed by atoms with Gasteiger partial charge in [-0.15, -0.1) is 0 Å². The van der Waals surface area contributed by atoms with Crippen molar-refractivity contribution in [3.63, 3.8) is 0 Å². The van der Waals surface area contributed by atoms with Crippen LogP contribution in [0.3, 0.4) is 0 Å². The molecular weight excluding hydrogens is 212 g/mol. The molecule has 1 atom stereocenters. The minimum absolute atomic E-state index is 0.421. The first-order valence-corrected chi connectivity index (χ1v) is 5.11. The molecule has 1 rings (SSSR count). The zero-order valence-electron chi connectivity index (χ0n) is 9.72. The number of aliphatic hydroxyl groups excluding tert-OH is 1. The molecule has 0 aliphatic carbocycles. The molecule has 90 valence electrons. The Labute approximate surface area is 94.1 Å². The molecule has 3 N–H and O–H groups in total. The second kappa shape index (κ2) is 4.47. The van der Waals surface area contributed by atoms with E-state index in [2.05, 4.69) is 0 Å². The van der Waals surface area contributed by atoms with Crippen molar-refractivity contribution in [3.05, 3.63) is 34.4 Å². The van der Waals surface area contributed by atoms with E-state index in [0.29, 0.717) is 5.56 Å². The lowest BCUT2D eigenvalue weighted by atomic mass is 9.91. The number of aliphatic hydroxyl groups is 1. The minimum atomic E-state index is -3.29. The monoisotopic (exact) mass is 229 g/mol. The molecule has 2 nitrogen and oxygen atoms in total. The van der Waals surface area contributed by atoms with E-state index in [1.54, 1.807) is 13.8 Å². The molecule has 4 heteroatoms. The summed E-state index contributed by atoms with van der Waals surface area (Å²) in [5.41, 5.74) is 8.43. The first-order valence-electron chi connectivity index (χ1n) is 5.11. The third-order valence-corrected chi connectivity index (χ3v) is 2.71. The van der Waals surface area contributed by atoms with Crippen molar-refractivity contribution in [2.75, 3.05) is 6.61 Å². The number of nitrogens with two attached hydrogens (primary N) is 1. The summed E-state index contributed by atoms with van der Waals surface area (Å²) in [5, 5.41) is 8.63. The van der Waals surface area contributed by atoms with E-state index >= 15 is 0 Å². The number of benzene rings is 1. The van der Waals surface area contributed by atoms with Crippen LogP contribution in [0.5, 0.6) is 0 Å². The van der Waals surface area contributed by atoms with E-state index in [-0.39, 0.29) is 0 Å². The molecule has 0 saturated heterocycles. The lowest BCUT2D eigenvalue weighted by Crippen LogP contribution is -2.37. The number of hydrogen-bond acceptors (Lipinski definition) is 2. The quantitative estimate of drug-likeness (QED) is 0.835. The van der Waals surface area contributed by atoms with Gasteiger partial charge in [-0.1, -0.05) is 17.7 Å². The zero-order chi connectivity index (χ0) is 12.5. The van der Waals surface area contributed by atoms with Gasteiger partial charge in [-0.05, 0) is 37.5 Å². The summed E-state index contributed by atoms with van der Waals surface area (Å²) >= 11 is 0.